The molecule has 0 saturated heterocycles. The molecule has 1 aromatic carbocycles. The molecule has 0 fully saturated rings. The predicted octanol–water partition coefficient (Wildman–Crippen LogP) is 2.36. The normalized spacial score (nSPS) is 11.3. The molecule has 0 saturated carbocycles. The monoisotopic (exact) mass is 302 g/mol. The van der Waals surface area contributed by atoms with Crippen molar-refractivity contribution in [3.8, 4) is 11.5 Å². The maximum Gasteiger partial charge on any atom is 0.139 e. The molecule has 0 heterocycles. The predicted molar refractivity (Wildman–Crippen MR) is 68.8 cm³/mol. The van der Waals surface area contributed by atoms with Crippen LogP contribution in [0.1, 0.15) is 12.8 Å². The van der Waals surface area contributed by atoms with Gasteiger partial charge in [0.1, 0.15) is 17.3 Å². The summed E-state index contributed by atoms with van der Waals surface area (Å²) < 4.78 is 11.4. The van der Waals surface area contributed by atoms with Crippen molar-refractivity contribution in [1.29, 1.82) is 0 Å². The Morgan fingerprint density at radius 3 is 2.88 bits per heavy atom. The molecule has 0 bridgehead atoms. The molecule has 0 aliphatic heterocycles. The lowest BCUT2D eigenvalue weighted by molar-refractivity contribution is 0.304. The first-order valence-corrected chi connectivity index (χ1v) is 5.89. The first-order chi connectivity index (χ1) is 8.17. The van der Waals surface area contributed by atoms with Crippen LogP contribution in [0.4, 0.5) is 0 Å². The van der Waals surface area contributed by atoms with Crippen molar-refractivity contribution in [2.45, 2.75) is 12.8 Å². The average Bonchev–Trinajstić information content (AvgIpc) is 2.35. The van der Waals surface area contributed by atoms with Crippen molar-refractivity contribution in [1.82, 2.24) is 0 Å². The molecule has 94 valence electrons. The van der Waals surface area contributed by atoms with E-state index in [0.717, 1.165) is 16.0 Å². The van der Waals surface area contributed by atoms with E-state index < -0.39 is 0 Å². The topological polar surface area (TPSA) is 77.1 Å². The summed E-state index contributed by atoms with van der Waals surface area (Å²) in [6, 6.07) is 5.48. The van der Waals surface area contributed by atoms with Crippen LogP contribution in [-0.2, 0) is 0 Å². The lowest BCUT2D eigenvalue weighted by Gasteiger charge is -2.09. The number of hydrogen-bond acceptors (Lipinski definition) is 4. The van der Waals surface area contributed by atoms with Gasteiger partial charge in [0.25, 0.3) is 0 Å². The molecule has 0 spiro atoms. The Morgan fingerprint density at radius 2 is 2.29 bits per heavy atom. The van der Waals surface area contributed by atoms with Gasteiger partial charge in [0.15, 0.2) is 0 Å². The molecule has 0 aliphatic carbocycles. The maximum atomic E-state index is 8.35. The van der Waals surface area contributed by atoms with Gasteiger partial charge in [-0.25, -0.2) is 0 Å². The first-order valence-electron chi connectivity index (χ1n) is 5.10. The molecule has 17 heavy (non-hydrogen) atoms. The molecule has 0 aromatic heterocycles. The Labute approximate surface area is 108 Å². The second-order valence-electron chi connectivity index (χ2n) is 3.34. The van der Waals surface area contributed by atoms with Crippen molar-refractivity contribution in [3.05, 3.63) is 22.7 Å². The summed E-state index contributed by atoms with van der Waals surface area (Å²) >= 11 is 3.39. The number of oxime groups is 1. The first kappa shape index (κ1) is 13.6. The molecule has 0 radical (unpaired) electrons. The van der Waals surface area contributed by atoms with E-state index in [1.165, 1.54) is 0 Å². The molecule has 5 nitrogen and oxygen atoms in total. The minimum Gasteiger partial charge on any atom is -0.497 e. The second-order valence-corrected chi connectivity index (χ2v) is 4.19. The number of rotatable bonds is 6. The summed E-state index contributed by atoms with van der Waals surface area (Å²) in [7, 11) is 1.61. The Hall–Kier alpha value is -1.43. The molecule has 1 aromatic rings. The Kier molecular flexibility index (Phi) is 5.62. The fourth-order valence-electron chi connectivity index (χ4n) is 1.21. The molecule has 1 rings (SSSR count). The average molecular weight is 303 g/mol. The summed E-state index contributed by atoms with van der Waals surface area (Å²) in [4.78, 5) is 0. The molecular weight excluding hydrogens is 288 g/mol. The van der Waals surface area contributed by atoms with Crippen LogP contribution in [-0.4, -0.2) is 24.8 Å². The van der Waals surface area contributed by atoms with Crippen molar-refractivity contribution in [2.24, 2.45) is 10.9 Å². The molecule has 0 unspecified atom stereocenters. The van der Waals surface area contributed by atoms with Crippen LogP contribution in [0.15, 0.2) is 27.8 Å². The van der Waals surface area contributed by atoms with E-state index in [1.54, 1.807) is 7.11 Å². The molecule has 3 N–H and O–H groups in total. The number of halogens is 1. The molecular formula is C11H15BrN2O3. The van der Waals surface area contributed by atoms with E-state index >= 15 is 0 Å². The smallest absolute Gasteiger partial charge is 0.139 e. The van der Waals surface area contributed by atoms with Crippen molar-refractivity contribution in [2.75, 3.05) is 13.7 Å². The lowest BCUT2D eigenvalue weighted by Crippen LogP contribution is -2.12. The second kappa shape index (κ2) is 7.01. The quantitative estimate of drug-likeness (QED) is 0.278. The van der Waals surface area contributed by atoms with Crippen LogP contribution in [0.5, 0.6) is 11.5 Å². The van der Waals surface area contributed by atoms with Gasteiger partial charge >= 0.3 is 0 Å². The van der Waals surface area contributed by atoms with Gasteiger partial charge in [-0.3, -0.25) is 0 Å². The zero-order valence-corrected chi connectivity index (χ0v) is 11.1. The highest BCUT2D eigenvalue weighted by Crippen LogP contribution is 2.29. The van der Waals surface area contributed by atoms with Crippen molar-refractivity contribution in [3.63, 3.8) is 0 Å². The Balaban J connectivity index is 2.42. The number of methoxy groups -OCH3 is 1. The van der Waals surface area contributed by atoms with Gasteiger partial charge in [-0.2, -0.15) is 0 Å². The largest absolute Gasteiger partial charge is 0.497 e. The number of hydrogen-bond donors (Lipinski definition) is 2. The lowest BCUT2D eigenvalue weighted by atomic mass is 10.3. The third-order valence-electron chi connectivity index (χ3n) is 2.10. The third kappa shape index (κ3) is 4.52. The maximum absolute atomic E-state index is 8.35. The number of ether oxygens (including phenoxy) is 2. The summed E-state index contributed by atoms with van der Waals surface area (Å²) in [5.74, 6) is 1.72. The van der Waals surface area contributed by atoms with Crippen LogP contribution < -0.4 is 15.2 Å². The zero-order chi connectivity index (χ0) is 12.7. The van der Waals surface area contributed by atoms with E-state index in [9.17, 15) is 0 Å². The summed E-state index contributed by atoms with van der Waals surface area (Å²) in [5, 5.41) is 11.2. The van der Waals surface area contributed by atoms with Crippen molar-refractivity contribution >= 4 is 21.8 Å². The van der Waals surface area contributed by atoms with E-state index in [4.69, 9.17) is 20.4 Å². The summed E-state index contributed by atoms with van der Waals surface area (Å²) in [6.45, 7) is 0.501. The molecule has 0 atom stereocenters. The summed E-state index contributed by atoms with van der Waals surface area (Å²) in [6.07, 6.45) is 1.19. The zero-order valence-electron chi connectivity index (χ0n) is 9.52. The van der Waals surface area contributed by atoms with Gasteiger partial charge in [0.2, 0.25) is 0 Å². The number of nitrogens with two attached hydrogens (primary N) is 1. The standard InChI is InChI=1S/C11H15BrN2O3/c1-16-8-4-5-10(9(12)7-8)17-6-2-3-11(13)14-15/h4-5,7,15H,2-3,6H2,1H3,(H2,13,14). The van der Waals surface area contributed by atoms with Crippen LogP contribution in [0.2, 0.25) is 0 Å². The van der Waals surface area contributed by atoms with Crippen molar-refractivity contribution < 1.29 is 14.7 Å². The van der Waals surface area contributed by atoms with E-state index in [2.05, 4.69) is 21.1 Å². The number of amidine groups is 1. The van der Waals surface area contributed by atoms with Gasteiger partial charge < -0.3 is 20.4 Å². The SMILES string of the molecule is COc1ccc(OCCC/C(N)=N/O)c(Br)c1. The number of nitrogens with zero attached hydrogens (tertiary/aromatic N) is 1. The van der Waals surface area contributed by atoms with Crippen LogP contribution in [0, 0.1) is 0 Å². The fourth-order valence-corrected chi connectivity index (χ4v) is 1.68. The highest BCUT2D eigenvalue weighted by atomic mass is 79.9. The van der Waals surface area contributed by atoms with Crippen LogP contribution in [0.25, 0.3) is 0 Å². The highest BCUT2D eigenvalue weighted by Gasteiger charge is 2.03. The van der Waals surface area contributed by atoms with Crippen LogP contribution >= 0.6 is 15.9 Å². The van der Waals surface area contributed by atoms with Gasteiger partial charge in [-0.1, -0.05) is 5.16 Å². The van der Waals surface area contributed by atoms with Gasteiger partial charge in [0, 0.05) is 6.42 Å². The molecule has 0 amide bonds. The van der Waals surface area contributed by atoms with Crippen LogP contribution in [0.3, 0.4) is 0 Å². The van der Waals surface area contributed by atoms with Gasteiger partial charge in [-0.05, 0) is 40.5 Å². The highest BCUT2D eigenvalue weighted by molar-refractivity contribution is 9.10. The fraction of sp³-hybridized carbons (Fsp3) is 0.364. The van der Waals surface area contributed by atoms with E-state index in [1.807, 2.05) is 18.2 Å². The Bertz CT molecular complexity index is 396. The van der Waals surface area contributed by atoms with Gasteiger partial charge in [-0.15, -0.1) is 0 Å². The van der Waals surface area contributed by atoms with Gasteiger partial charge in [0.05, 0.1) is 18.2 Å². The third-order valence-corrected chi connectivity index (χ3v) is 2.72. The minimum absolute atomic E-state index is 0.211. The Morgan fingerprint density at radius 1 is 1.53 bits per heavy atom. The van der Waals surface area contributed by atoms with E-state index in [-0.39, 0.29) is 5.84 Å². The molecule has 6 heteroatoms. The van der Waals surface area contributed by atoms with E-state index in [0.29, 0.717) is 19.4 Å². The summed E-state index contributed by atoms with van der Waals surface area (Å²) in [5.41, 5.74) is 5.34. The minimum atomic E-state index is 0.211. The number of benzene rings is 1. The molecule has 0 aliphatic rings.